The number of fused-ring (bicyclic) bond motifs is 1. The van der Waals surface area contributed by atoms with E-state index in [1.54, 1.807) is 6.07 Å². The van der Waals surface area contributed by atoms with Crippen LogP contribution in [0.15, 0.2) is 37.9 Å². The van der Waals surface area contributed by atoms with Crippen molar-refractivity contribution in [3.05, 3.63) is 44.7 Å². The Morgan fingerprint density at radius 3 is 2.69 bits per heavy atom. The van der Waals surface area contributed by atoms with E-state index in [9.17, 15) is 4.79 Å². The maximum Gasteiger partial charge on any atom is 0.336 e. The number of aryl methyl sites for hydroxylation is 1. The van der Waals surface area contributed by atoms with Crippen LogP contribution < -0.4 is 5.63 Å². The molecule has 0 radical (unpaired) electrons. The standard InChI is InChI=1S/C10H7BrO2/c1-6-2-3-7-4-5-8(12)13-10(7)9(6)11/h2-5H,1H3. The van der Waals surface area contributed by atoms with Crippen LogP contribution in [0.3, 0.4) is 0 Å². The lowest BCUT2D eigenvalue weighted by Gasteiger charge is -2.00. The molecule has 0 spiro atoms. The van der Waals surface area contributed by atoms with Gasteiger partial charge in [-0.1, -0.05) is 12.1 Å². The van der Waals surface area contributed by atoms with Crippen molar-refractivity contribution in [1.82, 2.24) is 0 Å². The molecule has 66 valence electrons. The van der Waals surface area contributed by atoms with Crippen LogP contribution in [0.4, 0.5) is 0 Å². The Balaban J connectivity index is 2.97. The van der Waals surface area contributed by atoms with Crippen LogP contribution in [0.1, 0.15) is 5.56 Å². The third-order valence-corrected chi connectivity index (χ3v) is 2.91. The van der Waals surface area contributed by atoms with Gasteiger partial charge in [-0.15, -0.1) is 0 Å². The SMILES string of the molecule is Cc1ccc2ccc(=O)oc2c1Br. The van der Waals surface area contributed by atoms with E-state index in [-0.39, 0.29) is 5.63 Å². The van der Waals surface area contributed by atoms with Gasteiger partial charge in [0.15, 0.2) is 5.58 Å². The molecule has 0 atom stereocenters. The van der Waals surface area contributed by atoms with Gasteiger partial charge in [-0.25, -0.2) is 4.79 Å². The second-order valence-electron chi connectivity index (χ2n) is 2.87. The minimum absolute atomic E-state index is 0.321. The Bertz CT molecular complexity index is 514. The van der Waals surface area contributed by atoms with Crippen LogP contribution >= 0.6 is 15.9 Å². The van der Waals surface area contributed by atoms with E-state index < -0.39 is 0 Å². The molecule has 0 saturated carbocycles. The lowest BCUT2D eigenvalue weighted by Crippen LogP contribution is -1.95. The van der Waals surface area contributed by atoms with Crippen molar-refractivity contribution in [1.29, 1.82) is 0 Å². The number of halogens is 1. The molecule has 13 heavy (non-hydrogen) atoms. The molecule has 1 aromatic carbocycles. The summed E-state index contributed by atoms with van der Waals surface area (Å²) in [6.07, 6.45) is 0. The highest BCUT2D eigenvalue weighted by molar-refractivity contribution is 9.10. The Hall–Kier alpha value is -1.09. The van der Waals surface area contributed by atoms with Gasteiger partial charge in [0.2, 0.25) is 0 Å². The van der Waals surface area contributed by atoms with Crippen LogP contribution in [-0.2, 0) is 0 Å². The lowest BCUT2D eigenvalue weighted by atomic mass is 10.2. The largest absolute Gasteiger partial charge is 0.422 e. The van der Waals surface area contributed by atoms with Crippen LogP contribution in [0.5, 0.6) is 0 Å². The molecular weight excluding hydrogens is 232 g/mol. The van der Waals surface area contributed by atoms with Crippen LogP contribution in [0, 0.1) is 6.92 Å². The quantitative estimate of drug-likeness (QED) is 0.661. The summed E-state index contributed by atoms with van der Waals surface area (Å²) < 4.78 is 5.92. The second kappa shape index (κ2) is 3.00. The molecule has 0 fully saturated rings. The first kappa shape index (κ1) is 8.51. The van der Waals surface area contributed by atoms with Crippen molar-refractivity contribution in [2.75, 3.05) is 0 Å². The van der Waals surface area contributed by atoms with Crippen LogP contribution in [0.2, 0.25) is 0 Å². The van der Waals surface area contributed by atoms with Gasteiger partial charge in [0.25, 0.3) is 0 Å². The van der Waals surface area contributed by atoms with E-state index in [1.165, 1.54) is 6.07 Å². The maximum atomic E-state index is 11.0. The highest BCUT2D eigenvalue weighted by Crippen LogP contribution is 2.25. The zero-order valence-electron chi connectivity index (χ0n) is 7.00. The van der Waals surface area contributed by atoms with E-state index >= 15 is 0 Å². The third-order valence-electron chi connectivity index (χ3n) is 1.92. The molecule has 2 rings (SSSR count). The fourth-order valence-electron chi connectivity index (χ4n) is 1.20. The first-order chi connectivity index (χ1) is 6.18. The minimum atomic E-state index is -0.321. The highest BCUT2D eigenvalue weighted by Gasteiger charge is 2.03. The molecule has 3 heteroatoms. The summed E-state index contributed by atoms with van der Waals surface area (Å²) in [7, 11) is 0. The molecule has 0 bridgehead atoms. The van der Waals surface area contributed by atoms with Gasteiger partial charge in [-0.3, -0.25) is 0 Å². The molecular formula is C10H7BrO2. The molecule has 0 aliphatic heterocycles. The van der Waals surface area contributed by atoms with E-state index in [0.717, 1.165) is 15.4 Å². The van der Waals surface area contributed by atoms with E-state index in [0.29, 0.717) is 5.58 Å². The lowest BCUT2D eigenvalue weighted by molar-refractivity contribution is 0.559. The predicted octanol–water partition coefficient (Wildman–Crippen LogP) is 2.86. The Labute approximate surface area is 83.3 Å². The van der Waals surface area contributed by atoms with E-state index in [2.05, 4.69) is 15.9 Å². The number of benzene rings is 1. The molecule has 2 aromatic rings. The summed E-state index contributed by atoms with van der Waals surface area (Å²) >= 11 is 3.38. The minimum Gasteiger partial charge on any atom is -0.422 e. The maximum absolute atomic E-state index is 11.0. The van der Waals surface area contributed by atoms with E-state index in [4.69, 9.17) is 4.42 Å². The van der Waals surface area contributed by atoms with Crippen LogP contribution in [0.25, 0.3) is 11.0 Å². The smallest absolute Gasteiger partial charge is 0.336 e. The number of hydrogen-bond acceptors (Lipinski definition) is 2. The van der Waals surface area contributed by atoms with Gasteiger partial charge in [-0.05, 0) is 34.5 Å². The predicted molar refractivity (Wildman–Crippen MR) is 54.9 cm³/mol. The fraction of sp³-hybridized carbons (Fsp3) is 0.100. The zero-order valence-corrected chi connectivity index (χ0v) is 8.59. The number of rotatable bonds is 0. The van der Waals surface area contributed by atoms with Gasteiger partial charge < -0.3 is 4.42 Å². The average molecular weight is 239 g/mol. The molecule has 2 nitrogen and oxygen atoms in total. The summed E-state index contributed by atoms with van der Waals surface area (Å²) in [5.74, 6) is 0. The molecule has 0 N–H and O–H groups in total. The van der Waals surface area contributed by atoms with Crippen molar-refractivity contribution >= 4 is 26.9 Å². The Morgan fingerprint density at radius 1 is 1.23 bits per heavy atom. The first-order valence-electron chi connectivity index (χ1n) is 3.87. The molecule has 1 heterocycles. The molecule has 0 saturated heterocycles. The molecule has 1 aromatic heterocycles. The average Bonchev–Trinajstić information content (AvgIpc) is 2.12. The monoisotopic (exact) mass is 238 g/mol. The van der Waals surface area contributed by atoms with E-state index in [1.807, 2.05) is 19.1 Å². The molecule has 0 amide bonds. The molecule has 0 unspecified atom stereocenters. The van der Waals surface area contributed by atoms with Crippen molar-refractivity contribution in [3.8, 4) is 0 Å². The number of hydrogen-bond donors (Lipinski definition) is 0. The summed E-state index contributed by atoms with van der Waals surface area (Å²) in [6, 6.07) is 7.08. The van der Waals surface area contributed by atoms with Gasteiger partial charge in [0.05, 0.1) is 4.47 Å². The molecule has 0 aliphatic carbocycles. The molecule has 0 aliphatic rings. The highest BCUT2D eigenvalue weighted by atomic mass is 79.9. The van der Waals surface area contributed by atoms with Gasteiger partial charge in [0.1, 0.15) is 0 Å². The summed E-state index contributed by atoms with van der Waals surface area (Å²) in [4.78, 5) is 11.0. The summed E-state index contributed by atoms with van der Waals surface area (Å²) in [6.45, 7) is 1.95. The van der Waals surface area contributed by atoms with Crippen molar-refractivity contribution in [2.24, 2.45) is 0 Å². The normalized spacial score (nSPS) is 10.6. The fourth-order valence-corrected chi connectivity index (χ4v) is 1.64. The second-order valence-corrected chi connectivity index (χ2v) is 3.66. The van der Waals surface area contributed by atoms with Crippen molar-refractivity contribution in [3.63, 3.8) is 0 Å². The summed E-state index contributed by atoms with van der Waals surface area (Å²) in [5, 5.41) is 0.928. The van der Waals surface area contributed by atoms with Gasteiger partial charge >= 0.3 is 5.63 Å². The van der Waals surface area contributed by atoms with Gasteiger partial charge in [0, 0.05) is 11.5 Å². The van der Waals surface area contributed by atoms with Crippen molar-refractivity contribution in [2.45, 2.75) is 6.92 Å². The Kier molecular flexibility index (Phi) is 1.96. The summed E-state index contributed by atoms with van der Waals surface area (Å²) in [5.41, 5.74) is 1.35. The van der Waals surface area contributed by atoms with Crippen molar-refractivity contribution < 1.29 is 4.42 Å². The third kappa shape index (κ3) is 1.40. The Morgan fingerprint density at radius 2 is 1.92 bits per heavy atom. The zero-order chi connectivity index (χ0) is 9.42. The van der Waals surface area contributed by atoms with Crippen LogP contribution in [-0.4, -0.2) is 0 Å². The van der Waals surface area contributed by atoms with Gasteiger partial charge in [-0.2, -0.15) is 0 Å². The topological polar surface area (TPSA) is 30.2 Å². The first-order valence-corrected chi connectivity index (χ1v) is 4.67.